The monoisotopic (exact) mass is 334 g/mol. The van der Waals surface area contributed by atoms with Crippen molar-refractivity contribution in [2.75, 3.05) is 0 Å². The Bertz CT molecular complexity index is 652. The normalized spacial score (nSPS) is 14.9. The second-order valence-corrected chi connectivity index (χ2v) is 5.85. The molecule has 0 saturated carbocycles. The summed E-state index contributed by atoms with van der Waals surface area (Å²) in [5.74, 6) is 1.75. The molecule has 0 radical (unpaired) electrons. The van der Waals surface area contributed by atoms with Crippen LogP contribution >= 0.6 is 15.9 Å². The van der Waals surface area contributed by atoms with Gasteiger partial charge in [0.2, 0.25) is 0 Å². The van der Waals surface area contributed by atoms with Gasteiger partial charge in [-0.25, -0.2) is 0 Å². The Morgan fingerprint density at radius 3 is 3.10 bits per heavy atom. The van der Waals surface area contributed by atoms with Crippen LogP contribution < -0.4 is 5.32 Å². The highest BCUT2D eigenvalue weighted by atomic mass is 79.9. The van der Waals surface area contributed by atoms with Crippen LogP contribution in [-0.2, 0) is 13.0 Å². The summed E-state index contributed by atoms with van der Waals surface area (Å²) in [5, 5.41) is 11.3. The third kappa shape index (κ3) is 2.47. The number of carbonyl (C=O) groups excluding carboxylic acids is 1. The molecule has 1 N–H and O–H groups in total. The van der Waals surface area contributed by atoms with Crippen LogP contribution in [-0.4, -0.2) is 20.7 Å². The second kappa shape index (κ2) is 5.36. The molecule has 0 saturated heterocycles. The lowest BCUT2D eigenvalue weighted by Gasteiger charge is -2.14. The Labute approximate surface area is 125 Å². The maximum absolute atomic E-state index is 12.2. The maximum Gasteiger partial charge on any atom is 0.251 e. The fraction of sp³-hybridized carbons (Fsp3) is 0.357. The van der Waals surface area contributed by atoms with Crippen molar-refractivity contribution in [3.8, 4) is 0 Å². The largest absolute Gasteiger partial charge is 0.342 e. The Kier molecular flexibility index (Phi) is 3.56. The number of nitrogens with one attached hydrogen (secondary N) is 1. The van der Waals surface area contributed by atoms with Gasteiger partial charge >= 0.3 is 0 Å². The molecule has 1 aliphatic rings. The number of aryl methyl sites for hydroxylation is 1. The summed E-state index contributed by atoms with van der Waals surface area (Å²) in [6.07, 6.45) is 2.07. The molecule has 1 atom stereocenters. The predicted molar refractivity (Wildman–Crippen MR) is 78.4 cm³/mol. The number of amides is 1. The van der Waals surface area contributed by atoms with Crippen LogP contribution in [0, 0.1) is 0 Å². The fourth-order valence-electron chi connectivity index (χ4n) is 2.47. The number of carbonyl (C=O) groups is 1. The van der Waals surface area contributed by atoms with Crippen molar-refractivity contribution in [1.29, 1.82) is 0 Å². The molecule has 2 heterocycles. The zero-order chi connectivity index (χ0) is 14.1. The van der Waals surface area contributed by atoms with Gasteiger partial charge in [0, 0.05) is 23.0 Å². The minimum atomic E-state index is -0.152. The summed E-state index contributed by atoms with van der Waals surface area (Å²) in [4.78, 5) is 12.2. The highest BCUT2D eigenvalue weighted by Crippen LogP contribution is 2.19. The van der Waals surface area contributed by atoms with E-state index in [9.17, 15) is 4.79 Å². The third-order valence-corrected chi connectivity index (χ3v) is 3.95. The topological polar surface area (TPSA) is 59.8 Å². The lowest BCUT2D eigenvalue weighted by atomic mass is 10.2. The van der Waals surface area contributed by atoms with E-state index in [0.29, 0.717) is 5.56 Å². The maximum atomic E-state index is 12.2. The van der Waals surface area contributed by atoms with Crippen LogP contribution in [0.1, 0.15) is 41.4 Å². The number of benzene rings is 1. The van der Waals surface area contributed by atoms with Crippen molar-refractivity contribution < 1.29 is 4.79 Å². The summed E-state index contributed by atoms with van der Waals surface area (Å²) in [6, 6.07) is 7.18. The van der Waals surface area contributed by atoms with E-state index >= 15 is 0 Å². The Balaban J connectivity index is 1.75. The van der Waals surface area contributed by atoms with Gasteiger partial charge in [-0.1, -0.05) is 22.0 Å². The Morgan fingerprint density at radius 2 is 2.30 bits per heavy atom. The first kappa shape index (κ1) is 13.3. The summed E-state index contributed by atoms with van der Waals surface area (Å²) in [5.41, 5.74) is 0.632. The zero-order valence-electron chi connectivity index (χ0n) is 11.1. The molecule has 0 bridgehead atoms. The lowest BCUT2D eigenvalue weighted by Crippen LogP contribution is -2.28. The molecule has 1 amide bonds. The van der Waals surface area contributed by atoms with E-state index < -0.39 is 0 Å². The molecule has 5 nitrogen and oxygen atoms in total. The second-order valence-electron chi connectivity index (χ2n) is 4.94. The summed E-state index contributed by atoms with van der Waals surface area (Å²) < 4.78 is 2.99. The van der Waals surface area contributed by atoms with Gasteiger partial charge in [0.05, 0.1) is 6.04 Å². The fourth-order valence-corrected chi connectivity index (χ4v) is 2.87. The van der Waals surface area contributed by atoms with Crippen LogP contribution in [0.5, 0.6) is 0 Å². The molecule has 0 fully saturated rings. The molecule has 1 aromatic heterocycles. The molecule has 1 aromatic carbocycles. The van der Waals surface area contributed by atoms with Gasteiger partial charge in [-0.15, -0.1) is 10.2 Å². The van der Waals surface area contributed by atoms with E-state index in [-0.39, 0.29) is 11.9 Å². The van der Waals surface area contributed by atoms with Crippen molar-refractivity contribution in [2.45, 2.75) is 32.4 Å². The standard InChI is InChI=1S/C14H15BrN4O/c1-9(13-18-17-12-6-3-7-19(12)13)16-14(20)10-4-2-5-11(15)8-10/h2,4-5,8-9H,3,6-7H2,1H3,(H,16,20). The zero-order valence-corrected chi connectivity index (χ0v) is 12.7. The highest BCUT2D eigenvalue weighted by Gasteiger charge is 2.22. The Morgan fingerprint density at radius 1 is 1.45 bits per heavy atom. The van der Waals surface area contributed by atoms with Gasteiger partial charge < -0.3 is 9.88 Å². The average Bonchev–Trinajstić information content (AvgIpc) is 3.00. The highest BCUT2D eigenvalue weighted by molar-refractivity contribution is 9.10. The van der Waals surface area contributed by atoms with Crippen LogP contribution in [0.3, 0.4) is 0 Å². The quantitative estimate of drug-likeness (QED) is 0.937. The molecule has 1 unspecified atom stereocenters. The van der Waals surface area contributed by atoms with Gasteiger partial charge in [-0.2, -0.15) is 0 Å². The summed E-state index contributed by atoms with van der Waals surface area (Å²) >= 11 is 3.37. The number of hydrogen-bond acceptors (Lipinski definition) is 3. The molecule has 2 aromatic rings. The molecular weight excluding hydrogens is 320 g/mol. The van der Waals surface area contributed by atoms with Crippen molar-refractivity contribution in [3.05, 3.63) is 46.0 Å². The van der Waals surface area contributed by atoms with Gasteiger partial charge in [0.15, 0.2) is 5.82 Å². The first-order valence-electron chi connectivity index (χ1n) is 6.63. The minimum Gasteiger partial charge on any atom is -0.342 e. The number of halogens is 1. The predicted octanol–water partition coefficient (Wildman–Crippen LogP) is 2.48. The SMILES string of the molecule is CC(NC(=O)c1cccc(Br)c1)c1nnc2n1CCC2. The molecule has 0 aliphatic carbocycles. The molecule has 0 spiro atoms. The van der Waals surface area contributed by atoms with Crippen molar-refractivity contribution in [3.63, 3.8) is 0 Å². The molecule has 6 heteroatoms. The molecule has 1 aliphatic heterocycles. The molecule has 3 rings (SSSR count). The van der Waals surface area contributed by atoms with E-state index in [0.717, 1.165) is 35.5 Å². The van der Waals surface area contributed by atoms with Crippen LogP contribution in [0.15, 0.2) is 28.7 Å². The van der Waals surface area contributed by atoms with Crippen LogP contribution in [0.2, 0.25) is 0 Å². The van der Waals surface area contributed by atoms with Crippen molar-refractivity contribution in [2.24, 2.45) is 0 Å². The minimum absolute atomic E-state index is 0.103. The smallest absolute Gasteiger partial charge is 0.251 e. The van der Waals surface area contributed by atoms with Gasteiger partial charge in [0.1, 0.15) is 5.82 Å². The molecule has 20 heavy (non-hydrogen) atoms. The number of aromatic nitrogens is 3. The van der Waals surface area contributed by atoms with E-state index in [2.05, 4.69) is 36.0 Å². The first-order chi connectivity index (χ1) is 9.65. The van der Waals surface area contributed by atoms with Crippen molar-refractivity contribution >= 4 is 21.8 Å². The third-order valence-electron chi connectivity index (χ3n) is 3.46. The summed E-state index contributed by atoms with van der Waals surface area (Å²) in [6.45, 7) is 2.88. The van der Waals surface area contributed by atoms with Gasteiger partial charge in [0.25, 0.3) is 5.91 Å². The van der Waals surface area contributed by atoms with Gasteiger partial charge in [-0.05, 0) is 31.5 Å². The number of nitrogens with zero attached hydrogens (tertiary/aromatic N) is 3. The van der Waals surface area contributed by atoms with E-state index in [1.165, 1.54) is 0 Å². The molecule has 104 valence electrons. The average molecular weight is 335 g/mol. The Hall–Kier alpha value is -1.69. The number of fused-ring (bicyclic) bond motifs is 1. The molecular formula is C14H15BrN4O. The van der Waals surface area contributed by atoms with Crippen LogP contribution in [0.25, 0.3) is 0 Å². The van der Waals surface area contributed by atoms with Crippen molar-refractivity contribution in [1.82, 2.24) is 20.1 Å². The van der Waals surface area contributed by atoms with Gasteiger partial charge in [-0.3, -0.25) is 4.79 Å². The first-order valence-corrected chi connectivity index (χ1v) is 7.43. The number of hydrogen-bond donors (Lipinski definition) is 1. The van der Waals surface area contributed by atoms with E-state index in [1.807, 2.05) is 19.1 Å². The lowest BCUT2D eigenvalue weighted by molar-refractivity contribution is 0.0937. The van der Waals surface area contributed by atoms with E-state index in [4.69, 9.17) is 0 Å². The van der Waals surface area contributed by atoms with Crippen LogP contribution in [0.4, 0.5) is 0 Å². The summed E-state index contributed by atoms with van der Waals surface area (Å²) in [7, 11) is 0. The van der Waals surface area contributed by atoms with E-state index in [1.54, 1.807) is 12.1 Å². The number of rotatable bonds is 3.